The summed E-state index contributed by atoms with van der Waals surface area (Å²) in [6, 6.07) is 26.1. The summed E-state index contributed by atoms with van der Waals surface area (Å²) in [5.41, 5.74) is 9.37. The lowest BCUT2D eigenvalue weighted by molar-refractivity contribution is -0.402. The number of hydrogen-bond donors (Lipinski definition) is 3. The Balaban J connectivity index is 0.000000190. The third kappa shape index (κ3) is 20.9. The molecule has 0 atom stereocenters. The zero-order valence-corrected chi connectivity index (χ0v) is 45.8. The van der Waals surface area contributed by atoms with Gasteiger partial charge < -0.3 is 39.9 Å². The molecule has 6 heterocycles. The second-order valence-electron chi connectivity index (χ2n) is 19.0. The van der Waals surface area contributed by atoms with Gasteiger partial charge in [-0.05, 0) is 179 Å². The molecule has 0 spiro atoms. The summed E-state index contributed by atoms with van der Waals surface area (Å²) in [6.07, 6.45) is 14.6. The molecule has 4 fully saturated rings. The van der Waals surface area contributed by atoms with Crippen molar-refractivity contribution in [1.82, 2.24) is 10.6 Å². The van der Waals surface area contributed by atoms with Gasteiger partial charge in [-0.25, -0.2) is 22.0 Å². The van der Waals surface area contributed by atoms with Gasteiger partial charge in [0, 0.05) is 52.4 Å². The number of nitro groups is 2. The summed E-state index contributed by atoms with van der Waals surface area (Å²) in [7, 11) is 0. The highest BCUT2D eigenvalue weighted by Gasteiger charge is 2.20. The van der Waals surface area contributed by atoms with Crippen molar-refractivity contribution in [1.29, 1.82) is 10.5 Å². The highest BCUT2D eigenvalue weighted by Crippen LogP contribution is 2.27. The lowest BCUT2D eigenvalue weighted by Crippen LogP contribution is -2.30. The van der Waals surface area contributed by atoms with Crippen LogP contribution in [0.2, 0.25) is 0 Å². The number of piperidine rings is 4. The van der Waals surface area contributed by atoms with E-state index in [0.717, 1.165) is 119 Å². The van der Waals surface area contributed by atoms with Gasteiger partial charge in [-0.15, -0.1) is 0 Å². The van der Waals surface area contributed by atoms with E-state index in [1.165, 1.54) is 75.9 Å². The van der Waals surface area contributed by atoms with Crippen LogP contribution in [0, 0.1) is 72.0 Å². The lowest BCUT2D eigenvalue weighted by atomic mass is 10.1. The molecule has 24 heteroatoms. The SMILES string of the molecule is C1CCNCC1.N#Cc1ccc(F)c(F)c1.N#Cc1ccc(N2CCCCC2)c(F)c1.NCc1ccc(N2CCCCC2)c(F)c1.O=C(Cl)c1ccc([N+](=O)[O-])o1.O=C(NCc1ccc(N2CCCCC2)c(F)c1)c1ccc([N+](=O)[O-])o1. The molecule has 6 aromatic rings. The average molecular weight is 1160 g/mol. The van der Waals surface area contributed by atoms with Crippen molar-refractivity contribution in [2.45, 2.75) is 90.1 Å². The number of nitriles is 2. The Morgan fingerprint density at radius 2 is 0.951 bits per heavy atom. The standard InChI is InChI=1S/C17H18FN3O4.C12H17FN2.C12H13FN2.C7H3F2N.C5H2ClNO4.C5H11N/c18-13-10-12(4-5-14(13)20-8-2-1-3-9-20)11-19-17(22)15-6-7-16(25-15)21(23)24;2*13-11-8-10(9-14)4-5-12(11)15-6-2-1-3-7-15;8-6-2-1-5(4-10)3-7(6)9;6-5(8)3-1-2-4(11-3)7(9)10;1-2-4-6-5-3-1/h4-7,10H,1-3,8-9,11H2,(H,19,22);4-5,8H,1-3,6-7,9,14H2;4-5,8H,1-3,6-7H2;1-3H;1-2H;6H,1-5H2. The number of carbonyl (C=O) groups is 2. The van der Waals surface area contributed by atoms with Crippen LogP contribution < -0.4 is 31.1 Å². The fourth-order valence-corrected chi connectivity index (χ4v) is 8.91. The number of furan rings is 2. The lowest BCUT2D eigenvalue weighted by Gasteiger charge is -2.29. The summed E-state index contributed by atoms with van der Waals surface area (Å²) in [4.78, 5) is 47.5. The van der Waals surface area contributed by atoms with E-state index in [1.54, 1.807) is 36.4 Å². The maximum Gasteiger partial charge on any atom is 0.433 e. The molecule has 4 aliphatic rings. The van der Waals surface area contributed by atoms with Crippen LogP contribution in [0.15, 0.2) is 106 Å². The molecule has 0 saturated carbocycles. The molecular weight excluding hydrogens is 1100 g/mol. The number of anilines is 3. The monoisotopic (exact) mass is 1160 g/mol. The summed E-state index contributed by atoms with van der Waals surface area (Å²) >= 11 is 4.97. The van der Waals surface area contributed by atoms with E-state index in [0.29, 0.717) is 29.0 Å². The minimum atomic E-state index is -0.987. The third-order valence-corrected chi connectivity index (χ3v) is 13.3. The Hall–Kier alpha value is -8.38. The van der Waals surface area contributed by atoms with Gasteiger partial charge in [0.2, 0.25) is 0 Å². The van der Waals surface area contributed by atoms with E-state index >= 15 is 0 Å². The fourth-order valence-electron chi connectivity index (χ4n) is 8.80. The van der Waals surface area contributed by atoms with E-state index in [1.807, 2.05) is 23.1 Å². The number of halogens is 6. The molecule has 0 unspecified atom stereocenters. The second-order valence-corrected chi connectivity index (χ2v) is 19.3. The van der Waals surface area contributed by atoms with Gasteiger partial charge in [-0.1, -0.05) is 18.6 Å². The highest BCUT2D eigenvalue weighted by molar-refractivity contribution is 6.67. The Labute approximate surface area is 476 Å². The Bertz CT molecular complexity index is 3090. The Morgan fingerprint density at radius 1 is 0.549 bits per heavy atom. The van der Waals surface area contributed by atoms with Crippen LogP contribution in [0.4, 0.5) is 50.8 Å². The molecular formula is C58H64ClF5N10O8. The summed E-state index contributed by atoms with van der Waals surface area (Å²) < 4.78 is 75.3. The molecule has 0 aliphatic carbocycles. The number of nitrogens with zero attached hydrogens (tertiary/aromatic N) is 7. The third-order valence-electron chi connectivity index (χ3n) is 13.1. The topological polar surface area (TPSA) is 254 Å². The number of benzene rings is 4. The van der Waals surface area contributed by atoms with Crippen molar-refractivity contribution in [2.24, 2.45) is 5.73 Å². The van der Waals surface area contributed by atoms with E-state index in [2.05, 4.69) is 24.9 Å². The quantitative estimate of drug-likeness (QED) is 0.0499. The van der Waals surface area contributed by atoms with Crippen molar-refractivity contribution in [3.8, 4) is 12.1 Å². The number of rotatable bonds is 10. The molecule has 4 aromatic carbocycles. The molecule has 0 bridgehead atoms. The van der Waals surface area contributed by atoms with Crippen LogP contribution in [-0.2, 0) is 13.1 Å². The van der Waals surface area contributed by atoms with Gasteiger partial charge in [0.25, 0.3) is 11.1 Å². The minimum absolute atomic E-state index is 0.102. The summed E-state index contributed by atoms with van der Waals surface area (Å²) in [5, 5.41) is 42.4. The van der Waals surface area contributed by atoms with Crippen LogP contribution in [0.5, 0.6) is 0 Å². The average Bonchev–Trinajstić information content (AvgIpc) is 4.28. The molecule has 436 valence electrons. The molecule has 1 amide bonds. The zero-order chi connectivity index (χ0) is 59.4. The van der Waals surface area contributed by atoms with Crippen LogP contribution >= 0.6 is 11.6 Å². The number of nitrogens with one attached hydrogen (secondary N) is 2. The first kappa shape index (κ1) is 64.4. The summed E-state index contributed by atoms with van der Waals surface area (Å²) in [5.74, 6) is -4.61. The van der Waals surface area contributed by atoms with Crippen molar-refractivity contribution in [2.75, 3.05) is 67.1 Å². The molecule has 4 N–H and O–H groups in total. The van der Waals surface area contributed by atoms with Crippen molar-refractivity contribution >= 4 is 51.6 Å². The maximum atomic E-state index is 14.3. The normalized spacial score (nSPS) is 14.5. The maximum absolute atomic E-state index is 14.3. The van der Waals surface area contributed by atoms with E-state index in [9.17, 15) is 51.8 Å². The van der Waals surface area contributed by atoms with Gasteiger partial charge in [0.05, 0.1) is 52.5 Å². The van der Waals surface area contributed by atoms with Gasteiger partial charge in [0.15, 0.2) is 23.2 Å². The molecule has 2 aromatic heterocycles. The van der Waals surface area contributed by atoms with Crippen molar-refractivity contribution in [3.05, 3.63) is 180 Å². The molecule has 4 saturated heterocycles. The van der Waals surface area contributed by atoms with Gasteiger partial charge in [-0.3, -0.25) is 29.8 Å². The zero-order valence-electron chi connectivity index (χ0n) is 45.0. The Kier molecular flexibility index (Phi) is 26.7. The molecule has 82 heavy (non-hydrogen) atoms. The smallest absolute Gasteiger partial charge is 0.396 e. The largest absolute Gasteiger partial charge is 0.433 e. The highest BCUT2D eigenvalue weighted by atomic mass is 35.5. The molecule has 0 radical (unpaired) electrons. The van der Waals surface area contributed by atoms with E-state index < -0.39 is 44.4 Å². The minimum Gasteiger partial charge on any atom is -0.396 e. The second kappa shape index (κ2) is 34.0. The number of carbonyl (C=O) groups excluding carboxylic acids is 2. The Morgan fingerprint density at radius 3 is 1.32 bits per heavy atom. The fraction of sp³-hybridized carbons (Fsp3) is 0.379. The van der Waals surface area contributed by atoms with Gasteiger partial charge in [0.1, 0.15) is 27.3 Å². The molecule has 10 rings (SSSR count). The van der Waals surface area contributed by atoms with Crippen LogP contribution in [0.1, 0.15) is 120 Å². The van der Waals surface area contributed by atoms with Crippen molar-refractivity contribution in [3.63, 3.8) is 0 Å². The predicted octanol–water partition coefficient (Wildman–Crippen LogP) is 12.4. The van der Waals surface area contributed by atoms with Crippen LogP contribution in [0.3, 0.4) is 0 Å². The first-order chi connectivity index (χ1) is 39.5. The van der Waals surface area contributed by atoms with Crippen LogP contribution in [0.25, 0.3) is 0 Å². The van der Waals surface area contributed by atoms with Crippen LogP contribution in [-0.4, -0.2) is 73.4 Å². The van der Waals surface area contributed by atoms with Gasteiger partial charge >= 0.3 is 11.8 Å². The van der Waals surface area contributed by atoms with E-state index in [-0.39, 0.29) is 41.1 Å². The van der Waals surface area contributed by atoms with Crippen molar-refractivity contribution < 1.29 is 50.2 Å². The number of amides is 1. The first-order valence-electron chi connectivity index (χ1n) is 26.8. The number of hydrogen-bond acceptors (Lipinski definition) is 15. The van der Waals surface area contributed by atoms with Gasteiger partial charge in [-0.2, -0.15) is 10.5 Å². The molecule has 4 aliphatic heterocycles. The molecule has 18 nitrogen and oxygen atoms in total. The van der Waals surface area contributed by atoms with E-state index in [4.69, 9.17) is 32.3 Å². The predicted molar refractivity (Wildman–Crippen MR) is 300 cm³/mol. The number of nitrogens with two attached hydrogens (primary N) is 1. The first-order valence-corrected chi connectivity index (χ1v) is 27.1. The summed E-state index contributed by atoms with van der Waals surface area (Å²) in [6.45, 7) is 8.49.